The van der Waals surface area contributed by atoms with Crippen molar-refractivity contribution < 1.29 is 14.4 Å². The lowest BCUT2D eigenvalue weighted by Gasteiger charge is -2.19. The number of nitrogens with zero attached hydrogens (tertiary/aromatic N) is 3. The Bertz CT molecular complexity index is 969. The summed E-state index contributed by atoms with van der Waals surface area (Å²) in [5.41, 5.74) is 1.96. The van der Waals surface area contributed by atoms with Gasteiger partial charge in [-0.1, -0.05) is 12.1 Å². The molecule has 3 aliphatic rings. The number of hydrogen-bond acceptors (Lipinski definition) is 4. The normalized spacial score (nSPS) is 27.8. The van der Waals surface area contributed by atoms with Crippen LogP contribution in [-0.4, -0.2) is 38.7 Å². The molecule has 0 unspecified atom stereocenters. The van der Waals surface area contributed by atoms with Gasteiger partial charge in [0.15, 0.2) is 0 Å². The number of aryl methyl sites for hydroxylation is 1. The molecule has 3 amide bonds. The van der Waals surface area contributed by atoms with Crippen molar-refractivity contribution in [3.05, 3.63) is 30.1 Å². The molecule has 1 aromatic heterocycles. The maximum Gasteiger partial charge on any atom is 0.233 e. The molecule has 2 saturated carbocycles. The molecule has 5 rings (SSSR count). The first-order valence-corrected chi connectivity index (χ1v) is 10.6. The number of nitrogens with one attached hydrogen (secondary N) is 1. The molecule has 1 aliphatic heterocycles. The van der Waals surface area contributed by atoms with Gasteiger partial charge in [-0.2, -0.15) is 0 Å². The number of imidazole rings is 1. The summed E-state index contributed by atoms with van der Waals surface area (Å²) in [5.74, 6) is 1.06. The molecular weight excluding hydrogens is 368 g/mol. The summed E-state index contributed by atoms with van der Waals surface area (Å²) in [6, 6.07) is 7.90. The molecule has 1 N–H and O–H groups in total. The summed E-state index contributed by atoms with van der Waals surface area (Å²) < 4.78 is 2.08. The second kappa shape index (κ2) is 6.97. The minimum Gasteiger partial charge on any atom is -0.349 e. The Morgan fingerprint density at radius 1 is 1.14 bits per heavy atom. The van der Waals surface area contributed by atoms with Gasteiger partial charge in [0.05, 0.1) is 29.4 Å². The van der Waals surface area contributed by atoms with Gasteiger partial charge in [0, 0.05) is 19.5 Å². The Labute approximate surface area is 169 Å². The van der Waals surface area contributed by atoms with E-state index >= 15 is 0 Å². The van der Waals surface area contributed by atoms with Crippen LogP contribution >= 0.6 is 0 Å². The molecule has 2 bridgehead atoms. The quantitative estimate of drug-likeness (QED) is 0.761. The van der Waals surface area contributed by atoms with Crippen molar-refractivity contribution in [2.75, 3.05) is 6.54 Å². The van der Waals surface area contributed by atoms with Crippen LogP contribution < -0.4 is 5.32 Å². The van der Waals surface area contributed by atoms with E-state index in [2.05, 4.69) is 14.9 Å². The third-order valence-electron chi connectivity index (χ3n) is 7.07. The van der Waals surface area contributed by atoms with Crippen LogP contribution in [0.3, 0.4) is 0 Å². The van der Waals surface area contributed by atoms with E-state index in [4.69, 9.17) is 0 Å². The lowest BCUT2D eigenvalue weighted by molar-refractivity contribution is -0.141. The Balaban J connectivity index is 1.19. The monoisotopic (exact) mass is 394 g/mol. The summed E-state index contributed by atoms with van der Waals surface area (Å²) in [4.78, 5) is 43.8. The number of fused-ring (bicyclic) bond motifs is 6. The number of para-hydroxylation sites is 2. The second-order valence-corrected chi connectivity index (χ2v) is 8.50. The van der Waals surface area contributed by atoms with Crippen molar-refractivity contribution in [3.8, 4) is 0 Å². The van der Waals surface area contributed by atoms with Crippen LogP contribution in [0.1, 0.15) is 38.4 Å². The highest BCUT2D eigenvalue weighted by Gasteiger charge is 2.60. The molecule has 7 heteroatoms. The van der Waals surface area contributed by atoms with E-state index in [-0.39, 0.29) is 42.5 Å². The molecular formula is C22H26N4O3. The molecule has 29 heavy (non-hydrogen) atoms. The number of hydrogen-bond donors (Lipinski definition) is 1. The topological polar surface area (TPSA) is 84.3 Å². The summed E-state index contributed by atoms with van der Waals surface area (Å²) in [6.45, 7) is 3.33. The van der Waals surface area contributed by atoms with Crippen molar-refractivity contribution in [2.24, 2.45) is 23.7 Å². The molecule has 2 aromatic rings. The van der Waals surface area contributed by atoms with Crippen LogP contribution in [0.5, 0.6) is 0 Å². The first-order chi connectivity index (χ1) is 14.1. The van der Waals surface area contributed by atoms with Gasteiger partial charge >= 0.3 is 0 Å². The van der Waals surface area contributed by atoms with E-state index in [1.807, 2.05) is 31.2 Å². The zero-order valence-corrected chi connectivity index (χ0v) is 16.6. The average molecular weight is 394 g/mol. The third kappa shape index (κ3) is 2.86. The van der Waals surface area contributed by atoms with Crippen LogP contribution in [0, 0.1) is 23.7 Å². The Morgan fingerprint density at radius 2 is 1.83 bits per heavy atom. The zero-order chi connectivity index (χ0) is 20.1. The van der Waals surface area contributed by atoms with E-state index in [0.717, 1.165) is 42.7 Å². The molecule has 0 radical (unpaired) electrons. The Morgan fingerprint density at radius 3 is 2.52 bits per heavy atom. The predicted octanol–water partition coefficient (Wildman–Crippen LogP) is 2.09. The molecule has 2 heterocycles. The highest BCUT2D eigenvalue weighted by molar-refractivity contribution is 6.06. The van der Waals surface area contributed by atoms with Crippen molar-refractivity contribution in [1.82, 2.24) is 19.8 Å². The second-order valence-electron chi connectivity index (χ2n) is 8.50. The van der Waals surface area contributed by atoms with Gasteiger partial charge in [-0.25, -0.2) is 4.98 Å². The standard InChI is InChI=1S/C22H26N4O3/c1-2-25-16-6-4-3-5-15(16)24-17(25)12-23-18(27)9-10-26-21(28)19-13-7-8-14(11-13)20(19)22(26)29/h3-6,13-14,19-20H,2,7-12H2,1H3,(H,23,27)/t13-,14-,19-,20+/m0/s1. The number of benzene rings is 1. The number of rotatable bonds is 6. The number of carbonyl (C=O) groups is 3. The molecule has 4 atom stereocenters. The number of imide groups is 1. The maximum absolute atomic E-state index is 12.7. The SMILES string of the molecule is CCn1c(CNC(=O)CCN2C(=O)[C@@H]3[C@H]4CC[C@@H](C4)[C@@H]3C2=O)nc2ccccc21. The van der Waals surface area contributed by atoms with Gasteiger partial charge in [0.1, 0.15) is 5.82 Å². The van der Waals surface area contributed by atoms with Gasteiger partial charge in [0.25, 0.3) is 0 Å². The minimum absolute atomic E-state index is 0.0484. The van der Waals surface area contributed by atoms with Crippen LogP contribution in [0.4, 0.5) is 0 Å². The first-order valence-electron chi connectivity index (χ1n) is 10.6. The van der Waals surface area contributed by atoms with E-state index in [9.17, 15) is 14.4 Å². The van der Waals surface area contributed by atoms with Crippen LogP contribution in [0.25, 0.3) is 11.0 Å². The molecule has 2 aliphatic carbocycles. The lowest BCUT2D eigenvalue weighted by Crippen LogP contribution is -2.36. The number of carbonyl (C=O) groups excluding carboxylic acids is 3. The molecule has 0 spiro atoms. The van der Waals surface area contributed by atoms with Gasteiger partial charge in [-0.3, -0.25) is 19.3 Å². The number of aromatic nitrogens is 2. The molecule has 1 aromatic carbocycles. The Kier molecular flexibility index (Phi) is 4.41. The first kappa shape index (κ1) is 18.3. The average Bonchev–Trinajstić information content (AvgIpc) is 3.47. The predicted molar refractivity (Wildman–Crippen MR) is 106 cm³/mol. The fourth-order valence-corrected chi connectivity index (χ4v) is 5.78. The largest absolute Gasteiger partial charge is 0.349 e. The van der Waals surface area contributed by atoms with E-state index < -0.39 is 0 Å². The zero-order valence-electron chi connectivity index (χ0n) is 16.6. The Hall–Kier alpha value is -2.70. The third-order valence-corrected chi connectivity index (χ3v) is 7.07. The fourth-order valence-electron chi connectivity index (χ4n) is 5.78. The number of likely N-dealkylation sites (tertiary alicyclic amines) is 1. The van der Waals surface area contributed by atoms with Crippen molar-refractivity contribution in [3.63, 3.8) is 0 Å². The van der Waals surface area contributed by atoms with E-state index in [1.165, 1.54) is 4.90 Å². The van der Waals surface area contributed by atoms with Crippen molar-refractivity contribution in [1.29, 1.82) is 0 Å². The lowest BCUT2D eigenvalue weighted by atomic mass is 9.81. The van der Waals surface area contributed by atoms with Crippen molar-refractivity contribution in [2.45, 2.75) is 45.7 Å². The molecule has 7 nitrogen and oxygen atoms in total. The van der Waals surface area contributed by atoms with Crippen LogP contribution in [0.15, 0.2) is 24.3 Å². The maximum atomic E-state index is 12.7. The molecule has 3 fully saturated rings. The summed E-state index contributed by atoms with van der Waals surface area (Å²) in [7, 11) is 0. The molecule has 152 valence electrons. The summed E-state index contributed by atoms with van der Waals surface area (Å²) in [6.07, 6.45) is 3.30. The number of amides is 3. The van der Waals surface area contributed by atoms with Gasteiger partial charge in [-0.05, 0) is 50.2 Å². The van der Waals surface area contributed by atoms with Gasteiger partial charge in [-0.15, -0.1) is 0 Å². The molecule has 1 saturated heterocycles. The van der Waals surface area contributed by atoms with Gasteiger partial charge < -0.3 is 9.88 Å². The van der Waals surface area contributed by atoms with E-state index in [1.54, 1.807) is 0 Å². The van der Waals surface area contributed by atoms with Gasteiger partial charge in [0.2, 0.25) is 17.7 Å². The highest BCUT2D eigenvalue weighted by atomic mass is 16.2. The smallest absolute Gasteiger partial charge is 0.233 e. The fraction of sp³-hybridized carbons (Fsp3) is 0.545. The summed E-state index contributed by atoms with van der Waals surface area (Å²) in [5, 5.41) is 2.90. The van der Waals surface area contributed by atoms with Crippen LogP contribution in [-0.2, 0) is 27.5 Å². The van der Waals surface area contributed by atoms with Crippen LogP contribution in [0.2, 0.25) is 0 Å². The summed E-state index contributed by atoms with van der Waals surface area (Å²) >= 11 is 0. The van der Waals surface area contributed by atoms with E-state index in [0.29, 0.717) is 18.4 Å². The minimum atomic E-state index is -0.166. The highest BCUT2D eigenvalue weighted by Crippen LogP contribution is 2.56. The van der Waals surface area contributed by atoms with Crippen molar-refractivity contribution >= 4 is 28.8 Å².